The third kappa shape index (κ3) is 2.93. The van der Waals surface area contributed by atoms with Crippen LogP contribution >= 0.6 is 23.4 Å². The zero-order chi connectivity index (χ0) is 15.7. The Bertz CT molecular complexity index is 646. The van der Waals surface area contributed by atoms with Crippen molar-refractivity contribution >= 4 is 34.4 Å². The Hall–Kier alpha value is -1.30. The molecule has 0 saturated carbocycles. The molecule has 6 heteroatoms. The molecule has 2 heterocycles. The fourth-order valence-corrected chi connectivity index (χ4v) is 4.24. The Morgan fingerprint density at radius 1 is 1.45 bits per heavy atom. The van der Waals surface area contributed by atoms with Crippen LogP contribution in [-0.2, 0) is 14.3 Å². The monoisotopic (exact) mass is 337 g/mol. The number of carbonyl (C=O) groups is 2. The zero-order valence-electron chi connectivity index (χ0n) is 12.1. The van der Waals surface area contributed by atoms with Gasteiger partial charge in [0.05, 0.1) is 7.11 Å². The Morgan fingerprint density at radius 2 is 2.23 bits per heavy atom. The first-order valence-corrected chi connectivity index (χ1v) is 8.33. The number of ether oxygens (including phenoxy) is 1. The normalized spacial score (nSPS) is 22.9. The number of benzene rings is 1. The van der Waals surface area contributed by atoms with E-state index in [-0.39, 0.29) is 16.3 Å². The maximum absolute atomic E-state index is 12.3. The molecule has 0 spiro atoms. The number of fused-ring (bicyclic) bond motifs is 1. The fourth-order valence-electron chi connectivity index (χ4n) is 2.98. The second-order valence-corrected chi connectivity index (χ2v) is 6.97. The molecule has 1 saturated heterocycles. The standard InChI is InChI=1S/C16H16ClNO3S/c1-21-16(20)15(11-4-2-3-5-12(11)17)18-7-6-13-10(9-18)8-14(19)22-13/h2-5,8,13,15H,6-7,9H2,1H3/t13-,15-/m0/s1. The van der Waals surface area contributed by atoms with E-state index in [1.165, 1.54) is 18.9 Å². The quantitative estimate of drug-likeness (QED) is 0.794. The van der Waals surface area contributed by atoms with Crippen LogP contribution in [0.15, 0.2) is 35.9 Å². The lowest BCUT2D eigenvalue weighted by atomic mass is 9.98. The highest BCUT2D eigenvalue weighted by molar-refractivity contribution is 8.15. The van der Waals surface area contributed by atoms with Crippen molar-refractivity contribution in [3.05, 3.63) is 46.5 Å². The van der Waals surface area contributed by atoms with Crippen LogP contribution in [0.2, 0.25) is 5.02 Å². The highest BCUT2D eigenvalue weighted by atomic mass is 35.5. The van der Waals surface area contributed by atoms with Crippen molar-refractivity contribution in [2.45, 2.75) is 17.7 Å². The average Bonchev–Trinajstić information content (AvgIpc) is 2.88. The summed E-state index contributed by atoms with van der Waals surface area (Å²) in [6.07, 6.45) is 2.54. The van der Waals surface area contributed by atoms with Crippen LogP contribution in [0.1, 0.15) is 18.0 Å². The molecule has 2 atom stereocenters. The molecular formula is C16H16ClNO3S. The van der Waals surface area contributed by atoms with Crippen molar-refractivity contribution in [1.29, 1.82) is 0 Å². The van der Waals surface area contributed by atoms with Gasteiger partial charge < -0.3 is 4.74 Å². The third-order valence-electron chi connectivity index (χ3n) is 4.03. The number of esters is 1. The van der Waals surface area contributed by atoms with E-state index in [2.05, 4.69) is 0 Å². The third-order valence-corrected chi connectivity index (χ3v) is 5.55. The molecule has 22 heavy (non-hydrogen) atoms. The minimum atomic E-state index is -0.541. The van der Waals surface area contributed by atoms with Crippen LogP contribution in [0.3, 0.4) is 0 Å². The van der Waals surface area contributed by atoms with E-state index in [4.69, 9.17) is 16.3 Å². The van der Waals surface area contributed by atoms with Gasteiger partial charge in [-0.1, -0.05) is 41.6 Å². The highest BCUT2D eigenvalue weighted by Crippen LogP contribution is 2.38. The Balaban J connectivity index is 1.91. The number of methoxy groups -OCH3 is 1. The van der Waals surface area contributed by atoms with Gasteiger partial charge in [0.15, 0.2) is 0 Å². The molecule has 0 N–H and O–H groups in total. The number of rotatable bonds is 3. The van der Waals surface area contributed by atoms with Crippen LogP contribution in [0.5, 0.6) is 0 Å². The van der Waals surface area contributed by atoms with Crippen LogP contribution in [0.4, 0.5) is 0 Å². The van der Waals surface area contributed by atoms with Crippen molar-refractivity contribution in [3.8, 4) is 0 Å². The molecular weight excluding hydrogens is 322 g/mol. The minimum absolute atomic E-state index is 0.106. The largest absolute Gasteiger partial charge is 0.468 e. The summed E-state index contributed by atoms with van der Waals surface area (Å²) in [6, 6.07) is 6.77. The van der Waals surface area contributed by atoms with Crippen molar-refractivity contribution < 1.29 is 14.3 Å². The Morgan fingerprint density at radius 3 is 2.95 bits per heavy atom. The summed E-state index contributed by atoms with van der Waals surface area (Å²) in [7, 11) is 1.38. The molecule has 0 radical (unpaired) electrons. The number of hydrogen-bond donors (Lipinski definition) is 0. The van der Waals surface area contributed by atoms with Gasteiger partial charge in [0.25, 0.3) is 0 Å². The van der Waals surface area contributed by atoms with Gasteiger partial charge in [0, 0.05) is 23.4 Å². The molecule has 0 unspecified atom stereocenters. The van der Waals surface area contributed by atoms with Crippen molar-refractivity contribution in [2.24, 2.45) is 0 Å². The maximum Gasteiger partial charge on any atom is 0.327 e. The first-order valence-electron chi connectivity index (χ1n) is 7.07. The van der Waals surface area contributed by atoms with E-state index in [0.717, 1.165) is 24.1 Å². The number of likely N-dealkylation sites (tertiary alicyclic amines) is 1. The highest BCUT2D eigenvalue weighted by Gasteiger charge is 2.37. The zero-order valence-corrected chi connectivity index (χ0v) is 13.7. The number of piperidine rings is 1. The first-order chi connectivity index (χ1) is 10.6. The second-order valence-electron chi connectivity index (χ2n) is 5.35. The van der Waals surface area contributed by atoms with Gasteiger partial charge >= 0.3 is 5.97 Å². The summed E-state index contributed by atoms with van der Waals surface area (Å²) in [6.45, 7) is 1.32. The summed E-state index contributed by atoms with van der Waals surface area (Å²) in [5.74, 6) is -0.330. The van der Waals surface area contributed by atoms with Gasteiger partial charge in [-0.25, -0.2) is 4.79 Å². The van der Waals surface area contributed by atoms with Crippen LogP contribution < -0.4 is 0 Å². The van der Waals surface area contributed by atoms with Crippen molar-refractivity contribution in [2.75, 3.05) is 20.2 Å². The lowest BCUT2D eigenvalue weighted by Crippen LogP contribution is -2.42. The van der Waals surface area contributed by atoms with E-state index < -0.39 is 6.04 Å². The fraction of sp³-hybridized carbons (Fsp3) is 0.375. The first kappa shape index (κ1) is 15.6. The predicted molar refractivity (Wildman–Crippen MR) is 86.9 cm³/mol. The minimum Gasteiger partial charge on any atom is -0.468 e. The molecule has 2 aliphatic heterocycles. The number of hydrogen-bond acceptors (Lipinski definition) is 5. The van der Waals surface area contributed by atoms with Crippen LogP contribution in [-0.4, -0.2) is 41.4 Å². The summed E-state index contributed by atoms with van der Waals surface area (Å²) >= 11 is 7.64. The molecule has 1 aromatic carbocycles. The summed E-state index contributed by atoms with van der Waals surface area (Å²) in [5, 5.41) is 0.911. The van der Waals surface area contributed by atoms with Crippen LogP contribution in [0, 0.1) is 0 Å². The smallest absolute Gasteiger partial charge is 0.327 e. The predicted octanol–water partition coefficient (Wildman–Crippen LogP) is 2.83. The average molecular weight is 338 g/mol. The van der Waals surface area contributed by atoms with Gasteiger partial charge in [0.2, 0.25) is 5.12 Å². The lowest BCUT2D eigenvalue weighted by molar-refractivity contribution is -0.147. The lowest BCUT2D eigenvalue weighted by Gasteiger charge is -2.36. The molecule has 2 aliphatic rings. The van der Waals surface area contributed by atoms with E-state index >= 15 is 0 Å². The SMILES string of the molecule is COC(=O)[C@H](c1ccccc1Cl)N1CC[C@@H]2SC(=O)C=C2C1. The summed E-state index contributed by atoms with van der Waals surface area (Å²) < 4.78 is 4.98. The Kier molecular flexibility index (Phi) is 4.57. The molecule has 0 bridgehead atoms. The maximum atomic E-state index is 12.3. The van der Waals surface area contributed by atoms with E-state index in [1.807, 2.05) is 23.1 Å². The van der Waals surface area contributed by atoms with Gasteiger partial charge in [-0.15, -0.1) is 0 Å². The molecule has 0 aliphatic carbocycles. The topological polar surface area (TPSA) is 46.6 Å². The van der Waals surface area contributed by atoms with E-state index in [9.17, 15) is 9.59 Å². The molecule has 116 valence electrons. The van der Waals surface area contributed by atoms with E-state index in [1.54, 1.807) is 12.1 Å². The Labute approximate surface area is 138 Å². The van der Waals surface area contributed by atoms with Crippen molar-refractivity contribution in [3.63, 3.8) is 0 Å². The molecule has 1 fully saturated rings. The van der Waals surface area contributed by atoms with Gasteiger partial charge in [-0.3, -0.25) is 9.69 Å². The molecule has 1 aromatic rings. The molecule has 0 aromatic heterocycles. The van der Waals surface area contributed by atoms with Crippen LogP contribution in [0.25, 0.3) is 0 Å². The number of carbonyl (C=O) groups excluding carboxylic acids is 2. The van der Waals surface area contributed by atoms with Gasteiger partial charge in [-0.2, -0.15) is 0 Å². The van der Waals surface area contributed by atoms with E-state index in [0.29, 0.717) is 11.6 Å². The number of nitrogens with zero attached hydrogens (tertiary/aromatic N) is 1. The molecule has 4 nitrogen and oxygen atoms in total. The molecule has 3 rings (SSSR count). The number of halogens is 1. The van der Waals surface area contributed by atoms with Gasteiger partial charge in [0.1, 0.15) is 6.04 Å². The number of thioether (sulfide) groups is 1. The summed E-state index contributed by atoms with van der Waals surface area (Å²) in [5.41, 5.74) is 1.83. The second kappa shape index (κ2) is 6.44. The van der Waals surface area contributed by atoms with Gasteiger partial charge in [-0.05, 0) is 29.7 Å². The summed E-state index contributed by atoms with van der Waals surface area (Å²) in [4.78, 5) is 25.9. The van der Waals surface area contributed by atoms with Crippen molar-refractivity contribution in [1.82, 2.24) is 4.90 Å². The molecule has 0 amide bonds.